The minimum atomic E-state index is -0.445. The fraction of sp³-hybridized carbons (Fsp3) is 0.150. The molecule has 1 aromatic heterocycles. The molecule has 0 saturated heterocycles. The van der Waals surface area contributed by atoms with Crippen LogP contribution in [0.3, 0.4) is 0 Å². The van der Waals surface area contributed by atoms with Crippen LogP contribution in [0.5, 0.6) is 5.75 Å². The SMILES string of the molecule is CNC(=O)c1ccc(CNC(=O)COc2ccc3ccc(=O)oc3c2)cc1. The summed E-state index contributed by atoms with van der Waals surface area (Å²) in [5.41, 5.74) is 1.37. The first-order valence-electron chi connectivity index (χ1n) is 8.29. The molecule has 0 aliphatic rings. The molecule has 0 unspecified atom stereocenters. The number of ether oxygens (including phenoxy) is 1. The number of nitrogens with one attached hydrogen (secondary N) is 2. The Morgan fingerprint density at radius 2 is 1.78 bits per heavy atom. The third-order valence-electron chi connectivity index (χ3n) is 3.90. The second-order valence-electron chi connectivity index (χ2n) is 5.80. The van der Waals surface area contributed by atoms with Gasteiger partial charge in [-0.15, -0.1) is 0 Å². The smallest absolute Gasteiger partial charge is 0.336 e. The summed E-state index contributed by atoms with van der Waals surface area (Å²) >= 11 is 0. The summed E-state index contributed by atoms with van der Waals surface area (Å²) in [5.74, 6) is -0.0212. The molecule has 0 spiro atoms. The van der Waals surface area contributed by atoms with Crippen LogP contribution in [0.15, 0.2) is 63.8 Å². The van der Waals surface area contributed by atoms with Gasteiger partial charge in [-0.05, 0) is 35.9 Å². The Morgan fingerprint density at radius 1 is 1.04 bits per heavy atom. The highest BCUT2D eigenvalue weighted by atomic mass is 16.5. The van der Waals surface area contributed by atoms with E-state index in [1.54, 1.807) is 55.6 Å². The second kappa shape index (κ2) is 8.18. The molecule has 27 heavy (non-hydrogen) atoms. The predicted octanol–water partition coefficient (Wildman–Crippen LogP) is 1.85. The first kappa shape index (κ1) is 18.2. The molecule has 0 saturated carbocycles. The van der Waals surface area contributed by atoms with Crippen molar-refractivity contribution in [1.82, 2.24) is 10.6 Å². The Balaban J connectivity index is 1.52. The van der Waals surface area contributed by atoms with Crippen molar-refractivity contribution in [3.8, 4) is 5.75 Å². The summed E-state index contributed by atoms with van der Waals surface area (Å²) < 4.78 is 10.5. The molecule has 3 aromatic rings. The molecular formula is C20H18N2O5. The number of benzene rings is 2. The molecule has 0 aliphatic heterocycles. The zero-order chi connectivity index (χ0) is 19.2. The summed E-state index contributed by atoms with van der Waals surface area (Å²) in [6, 6.07) is 15.0. The zero-order valence-electron chi connectivity index (χ0n) is 14.7. The van der Waals surface area contributed by atoms with Crippen molar-refractivity contribution in [2.75, 3.05) is 13.7 Å². The lowest BCUT2D eigenvalue weighted by Gasteiger charge is -2.08. The molecule has 3 rings (SSSR count). The molecule has 7 nitrogen and oxygen atoms in total. The van der Waals surface area contributed by atoms with Crippen molar-refractivity contribution in [2.45, 2.75) is 6.54 Å². The van der Waals surface area contributed by atoms with Crippen molar-refractivity contribution >= 4 is 22.8 Å². The quantitative estimate of drug-likeness (QED) is 0.649. The highest BCUT2D eigenvalue weighted by Crippen LogP contribution is 2.19. The van der Waals surface area contributed by atoms with E-state index >= 15 is 0 Å². The molecule has 2 amide bonds. The fourth-order valence-corrected chi connectivity index (χ4v) is 2.45. The lowest BCUT2D eigenvalue weighted by Crippen LogP contribution is -2.28. The maximum atomic E-state index is 12.0. The Hall–Kier alpha value is -3.61. The summed E-state index contributed by atoms with van der Waals surface area (Å²) in [6.45, 7) is 0.154. The molecule has 0 radical (unpaired) electrons. The van der Waals surface area contributed by atoms with E-state index in [0.29, 0.717) is 23.4 Å². The summed E-state index contributed by atoms with van der Waals surface area (Å²) in [6.07, 6.45) is 0. The van der Waals surface area contributed by atoms with Crippen LogP contribution in [0.1, 0.15) is 15.9 Å². The highest BCUT2D eigenvalue weighted by Gasteiger charge is 2.06. The normalized spacial score (nSPS) is 10.4. The number of amides is 2. The van der Waals surface area contributed by atoms with Crippen LogP contribution in [0.2, 0.25) is 0 Å². The van der Waals surface area contributed by atoms with Crippen molar-refractivity contribution in [3.05, 3.63) is 76.1 Å². The van der Waals surface area contributed by atoms with Gasteiger partial charge in [0.1, 0.15) is 11.3 Å². The predicted molar refractivity (Wildman–Crippen MR) is 99.7 cm³/mol. The number of hydrogen-bond acceptors (Lipinski definition) is 5. The molecule has 0 aliphatic carbocycles. The minimum absolute atomic E-state index is 0.162. The maximum absolute atomic E-state index is 12.0. The fourth-order valence-electron chi connectivity index (χ4n) is 2.45. The molecule has 0 atom stereocenters. The number of rotatable bonds is 6. The summed E-state index contributed by atoms with van der Waals surface area (Å²) in [4.78, 5) is 34.7. The Kier molecular flexibility index (Phi) is 5.51. The van der Waals surface area contributed by atoms with Crippen LogP contribution in [0, 0.1) is 0 Å². The highest BCUT2D eigenvalue weighted by molar-refractivity contribution is 5.93. The molecule has 7 heteroatoms. The van der Waals surface area contributed by atoms with Gasteiger partial charge in [-0.1, -0.05) is 12.1 Å². The number of carbonyl (C=O) groups is 2. The Morgan fingerprint density at radius 3 is 2.52 bits per heavy atom. The minimum Gasteiger partial charge on any atom is -0.484 e. The molecule has 0 bridgehead atoms. The molecule has 0 fully saturated rings. The standard InChI is InChI=1S/C20H18N2O5/c1-21-20(25)15-4-2-13(3-5-15)11-22-18(23)12-26-16-8-6-14-7-9-19(24)27-17(14)10-16/h2-10H,11-12H2,1H3,(H,21,25)(H,22,23). The second-order valence-corrected chi connectivity index (χ2v) is 5.80. The van der Waals surface area contributed by atoms with Gasteiger partial charge in [-0.3, -0.25) is 9.59 Å². The van der Waals surface area contributed by atoms with E-state index < -0.39 is 5.63 Å². The van der Waals surface area contributed by atoms with Crippen molar-refractivity contribution in [1.29, 1.82) is 0 Å². The summed E-state index contributed by atoms with van der Waals surface area (Å²) in [7, 11) is 1.57. The number of hydrogen-bond donors (Lipinski definition) is 2. The van der Waals surface area contributed by atoms with Crippen LogP contribution in [0.4, 0.5) is 0 Å². The van der Waals surface area contributed by atoms with Crippen LogP contribution in [0.25, 0.3) is 11.0 Å². The van der Waals surface area contributed by atoms with Crippen molar-refractivity contribution in [3.63, 3.8) is 0 Å². The maximum Gasteiger partial charge on any atom is 0.336 e. The van der Waals surface area contributed by atoms with Gasteiger partial charge in [0.15, 0.2) is 6.61 Å². The van der Waals surface area contributed by atoms with Gasteiger partial charge >= 0.3 is 5.63 Å². The first-order chi connectivity index (χ1) is 13.0. The molecule has 138 valence electrons. The average molecular weight is 366 g/mol. The number of fused-ring (bicyclic) bond motifs is 1. The van der Waals surface area contributed by atoms with Gasteiger partial charge < -0.3 is 19.8 Å². The van der Waals surface area contributed by atoms with Crippen LogP contribution in [-0.4, -0.2) is 25.5 Å². The van der Waals surface area contributed by atoms with E-state index in [1.807, 2.05) is 0 Å². The van der Waals surface area contributed by atoms with Crippen molar-refractivity contribution in [2.24, 2.45) is 0 Å². The summed E-state index contributed by atoms with van der Waals surface area (Å²) in [5, 5.41) is 6.06. The van der Waals surface area contributed by atoms with E-state index in [0.717, 1.165) is 10.9 Å². The molecule has 1 heterocycles. The van der Waals surface area contributed by atoms with Crippen LogP contribution >= 0.6 is 0 Å². The van der Waals surface area contributed by atoms with E-state index in [4.69, 9.17) is 9.15 Å². The average Bonchev–Trinajstić information content (AvgIpc) is 2.70. The molecule has 2 aromatic carbocycles. The van der Waals surface area contributed by atoms with E-state index in [-0.39, 0.29) is 18.4 Å². The largest absolute Gasteiger partial charge is 0.484 e. The van der Waals surface area contributed by atoms with E-state index in [1.165, 1.54) is 6.07 Å². The molecule has 2 N–H and O–H groups in total. The topological polar surface area (TPSA) is 97.6 Å². The monoisotopic (exact) mass is 366 g/mol. The first-order valence-corrected chi connectivity index (χ1v) is 8.29. The van der Waals surface area contributed by atoms with Crippen LogP contribution in [-0.2, 0) is 11.3 Å². The molecular weight excluding hydrogens is 348 g/mol. The van der Waals surface area contributed by atoms with Gasteiger partial charge in [0.2, 0.25) is 0 Å². The number of carbonyl (C=O) groups excluding carboxylic acids is 2. The lowest BCUT2D eigenvalue weighted by molar-refractivity contribution is -0.123. The Labute approximate surface area is 154 Å². The Bertz CT molecular complexity index is 1020. The van der Waals surface area contributed by atoms with Crippen LogP contribution < -0.4 is 21.0 Å². The van der Waals surface area contributed by atoms with Gasteiger partial charge in [0, 0.05) is 36.7 Å². The van der Waals surface area contributed by atoms with Gasteiger partial charge in [0.05, 0.1) is 0 Å². The van der Waals surface area contributed by atoms with Crippen molar-refractivity contribution < 1.29 is 18.7 Å². The van der Waals surface area contributed by atoms with E-state index in [9.17, 15) is 14.4 Å². The van der Waals surface area contributed by atoms with E-state index in [2.05, 4.69) is 10.6 Å². The van der Waals surface area contributed by atoms with Gasteiger partial charge in [0.25, 0.3) is 11.8 Å². The third-order valence-corrected chi connectivity index (χ3v) is 3.90. The third kappa shape index (κ3) is 4.72. The lowest BCUT2D eigenvalue weighted by atomic mass is 10.1. The zero-order valence-corrected chi connectivity index (χ0v) is 14.7. The van der Waals surface area contributed by atoms with Gasteiger partial charge in [-0.25, -0.2) is 4.79 Å². The van der Waals surface area contributed by atoms with Gasteiger partial charge in [-0.2, -0.15) is 0 Å².